The van der Waals surface area contributed by atoms with Crippen molar-refractivity contribution in [3.05, 3.63) is 82.8 Å². The van der Waals surface area contributed by atoms with Gasteiger partial charge < -0.3 is 24.1 Å². The van der Waals surface area contributed by atoms with Gasteiger partial charge in [-0.05, 0) is 57.0 Å². The number of alkyl carbamates (subject to hydrolysis) is 1. The molecule has 0 aliphatic rings. The largest absolute Gasteiger partial charge is 0.489 e. The second-order valence-electron chi connectivity index (χ2n) is 10.4. The molecule has 0 unspecified atom stereocenters. The van der Waals surface area contributed by atoms with Crippen LogP contribution in [0.1, 0.15) is 50.1 Å². The van der Waals surface area contributed by atoms with Crippen LogP contribution in [0.5, 0.6) is 5.75 Å². The standard InChI is InChI=1S/C31H33FN2O6/c1-19-25-15-21(18-38-27-12-7-6-9-22(27)13-14-37-20(2)35)16-26(29(25)40-34-19)24-11-8-10-23(28(24)32)17-33-30(36)39-31(3,4)5/h6-12,15-16H,13-14,17-18H2,1-5H3,(H,33,36). The summed E-state index contributed by atoms with van der Waals surface area (Å²) in [5, 5.41) is 7.45. The van der Waals surface area contributed by atoms with Gasteiger partial charge in [0.25, 0.3) is 0 Å². The van der Waals surface area contributed by atoms with Gasteiger partial charge in [-0.25, -0.2) is 9.18 Å². The lowest BCUT2D eigenvalue weighted by Gasteiger charge is -2.20. The lowest BCUT2D eigenvalue weighted by Crippen LogP contribution is -2.32. The number of esters is 1. The average molecular weight is 549 g/mol. The van der Waals surface area contributed by atoms with Gasteiger partial charge in [0.15, 0.2) is 5.58 Å². The van der Waals surface area contributed by atoms with E-state index in [4.69, 9.17) is 18.7 Å². The van der Waals surface area contributed by atoms with Crippen LogP contribution in [0.15, 0.2) is 59.1 Å². The molecule has 9 heteroatoms. The Kier molecular flexibility index (Phi) is 8.72. The lowest BCUT2D eigenvalue weighted by atomic mass is 9.97. The number of carbonyl (C=O) groups excluding carboxylic acids is 2. The smallest absolute Gasteiger partial charge is 0.407 e. The van der Waals surface area contributed by atoms with Crippen LogP contribution in [-0.4, -0.2) is 29.4 Å². The number of nitrogens with one attached hydrogen (secondary N) is 1. The highest BCUT2D eigenvalue weighted by atomic mass is 19.1. The summed E-state index contributed by atoms with van der Waals surface area (Å²) >= 11 is 0. The monoisotopic (exact) mass is 548 g/mol. The fraction of sp³-hybridized carbons (Fsp3) is 0.323. The zero-order valence-electron chi connectivity index (χ0n) is 23.3. The molecule has 0 saturated heterocycles. The molecule has 1 aromatic heterocycles. The molecule has 0 atom stereocenters. The summed E-state index contributed by atoms with van der Waals surface area (Å²) in [5.74, 6) is -0.150. The summed E-state index contributed by atoms with van der Waals surface area (Å²) in [6.07, 6.45) is -0.113. The molecule has 3 aromatic carbocycles. The Balaban J connectivity index is 1.60. The van der Waals surface area contributed by atoms with Crippen molar-refractivity contribution in [1.29, 1.82) is 0 Å². The number of nitrogens with zero attached hydrogens (tertiary/aromatic N) is 1. The first-order valence-electron chi connectivity index (χ1n) is 13.0. The molecule has 210 valence electrons. The van der Waals surface area contributed by atoms with E-state index in [1.807, 2.05) is 43.3 Å². The number of halogens is 1. The molecule has 0 fully saturated rings. The Morgan fingerprint density at radius 1 is 1.02 bits per heavy atom. The van der Waals surface area contributed by atoms with Crippen LogP contribution < -0.4 is 10.1 Å². The van der Waals surface area contributed by atoms with Crippen molar-refractivity contribution < 1.29 is 32.7 Å². The Labute approximate surface area is 232 Å². The van der Waals surface area contributed by atoms with Crippen LogP contribution in [0.25, 0.3) is 22.1 Å². The third-order valence-corrected chi connectivity index (χ3v) is 6.05. The maximum atomic E-state index is 15.8. The first-order valence-corrected chi connectivity index (χ1v) is 13.0. The number of rotatable bonds is 9. The van der Waals surface area contributed by atoms with E-state index in [9.17, 15) is 9.59 Å². The van der Waals surface area contributed by atoms with Gasteiger partial charge in [-0.3, -0.25) is 4.79 Å². The van der Waals surface area contributed by atoms with E-state index in [-0.39, 0.29) is 25.7 Å². The number of para-hydroxylation sites is 1. The third-order valence-electron chi connectivity index (χ3n) is 6.05. The molecule has 8 nitrogen and oxygen atoms in total. The van der Waals surface area contributed by atoms with Crippen molar-refractivity contribution in [3.63, 3.8) is 0 Å². The van der Waals surface area contributed by atoms with Gasteiger partial charge in [-0.15, -0.1) is 0 Å². The Morgan fingerprint density at radius 2 is 1.77 bits per heavy atom. The minimum Gasteiger partial charge on any atom is -0.489 e. The van der Waals surface area contributed by atoms with Crippen molar-refractivity contribution >= 4 is 23.0 Å². The molecule has 4 rings (SSSR count). The summed E-state index contributed by atoms with van der Waals surface area (Å²) in [5.41, 5.74) is 3.30. The summed E-state index contributed by atoms with van der Waals surface area (Å²) in [7, 11) is 0. The first-order chi connectivity index (χ1) is 19.0. The van der Waals surface area contributed by atoms with Crippen molar-refractivity contribution in [2.75, 3.05) is 6.61 Å². The number of amides is 1. The molecular formula is C31H33FN2O6. The Morgan fingerprint density at radius 3 is 2.52 bits per heavy atom. The summed E-state index contributed by atoms with van der Waals surface area (Å²) in [6.45, 7) is 8.90. The van der Waals surface area contributed by atoms with E-state index >= 15 is 4.39 Å². The molecule has 0 aliphatic carbocycles. The van der Waals surface area contributed by atoms with Gasteiger partial charge in [0.1, 0.15) is 23.8 Å². The minimum atomic E-state index is -0.661. The minimum absolute atomic E-state index is 0.0416. The molecule has 4 aromatic rings. The summed E-state index contributed by atoms with van der Waals surface area (Å²) in [6, 6.07) is 16.3. The topological polar surface area (TPSA) is 99.9 Å². The van der Waals surface area contributed by atoms with Crippen molar-refractivity contribution in [3.8, 4) is 16.9 Å². The molecule has 0 aliphatic heterocycles. The van der Waals surface area contributed by atoms with Crippen LogP contribution in [0.2, 0.25) is 0 Å². The van der Waals surface area contributed by atoms with E-state index < -0.39 is 17.5 Å². The number of ether oxygens (including phenoxy) is 3. The number of aryl methyl sites for hydroxylation is 1. The Bertz CT molecular complexity index is 1520. The first kappa shape index (κ1) is 28.6. The van der Waals surface area contributed by atoms with Crippen molar-refractivity contribution in [1.82, 2.24) is 10.5 Å². The molecule has 0 saturated carbocycles. The quantitative estimate of drug-likeness (QED) is 0.234. The highest BCUT2D eigenvalue weighted by Gasteiger charge is 2.20. The fourth-order valence-corrected chi connectivity index (χ4v) is 4.23. The molecule has 1 heterocycles. The van der Waals surface area contributed by atoms with Gasteiger partial charge in [-0.1, -0.05) is 41.6 Å². The van der Waals surface area contributed by atoms with Crippen LogP contribution in [0.4, 0.5) is 9.18 Å². The lowest BCUT2D eigenvalue weighted by molar-refractivity contribution is -0.140. The number of fused-ring (bicyclic) bond motifs is 1. The number of hydrogen-bond acceptors (Lipinski definition) is 7. The predicted molar refractivity (Wildman–Crippen MR) is 148 cm³/mol. The predicted octanol–water partition coefficient (Wildman–Crippen LogP) is 6.65. The van der Waals surface area contributed by atoms with E-state index in [0.717, 1.165) is 16.5 Å². The third kappa shape index (κ3) is 7.16. The SMILES string of the molecule is CC(=O)OCCc1ccccc1OCc1cc(-c2cccc(CNC(=O)OC(C)(C)C)c2F)c2onc(C)c2c1. The van der Waals surface area contributed by atoms with E-state index in [0.29, 0.717) is 40.1 Å². The number of hydrogen-bond donors (Lipinski definition) is 1. The highest BCUT2D eigenvalue weighted by molar-refractivity contribution is 5.94. The van der Waals surface area contributed by atoms with E-state index in [2.05, 4.69) is 10.5 Å². The van der Waals surface area contributed by atoms with Gasteiger partial charge >= 0.3 is 12.1 Å². The molecule has 40 heavy (non-hydrogen) atoms. The van der Waals surface area contributed by atoms with Crippen molar-refractivity contribution in [2.24, 2.45) is 0 Å². The highest BCUT2D eigenvalue weighted by Crippen LogP contribution is 2.35. The van der Waals surface area contributed by atoms with Crippen molar-refractivity contribution in [2.45, 2.75) is 59.8 Å². The van der Waals surface area contributed by atoms with E-state index in [1.165, 1.54) is 6.92 Å². The molecule has 0 spiro atoms. The van der Waals surface area contributed by atoms with E-state index in [1.54, 1.807) is 39.0 Å². The van der Waals surface area contributed by atoms with Crippen LogP contribution in [-0.2, 0) is 33.8 Å². The number of aromatic nitrogens is 1. The van der Waals surface area contributed by atoms with Gasteiger partial charge in [0.05, 0.1) is 12.3 Å². The van der Waals surface area contributed by atoms with Crippen LogP contribution in [0.3, 0.4) is 0 Å². The van der Waals surface area contributed by atoms with Gasteiger partial charge in [-0.2, -0.15) is 0 Å². The number of carbonyl (C=O) groups is 2. The molecule has 1 N–H and O–H groups in total. The molecule has 1 amide bonds. The average Bonchev–Trinajstić information content (AvgIpc) is 3.26. The maximum Gasteiger partial charge on any atom is 0.407 e. The van der Waals surface area contributed by atoms with Crippen LogP contribution in [0, 0.1) is 12.7 Å². The second kappa shape index (κ2) is 12.2. The second-order valence-corrected chi connectivity index (χ2v) is 10.4. The normalized spacial score (nSPS) is 11.3. The zero-order chi connectivity index (χ0) is 28.9. The maximum absolute atomic E-state index is 15.8. The Hall–Kier alpha value is -4.40. The summed E-state index contributed by atoms with van der Waals surface area (Å²) < 4.78 is 37.9. The number of benzene rings is 3. The molecular weight excluding hydrogens is 515 g/mol. The van der Waals surface area contributed by atoms with Gasteiger partial charge in [0, 0.05) is 42.0 Å². The summed E-state index contributed by atoms with van der Waals surface area (Å²) in [4.78, 5) is 23.2. The molecule has 0 bridgehead atoms. The van der Waals surface area contributed by atoms with Crippen LogP contribution >= 0.6 is 0 Å². The van der Waals surface area contributed by atoms with Gasteiger partial charge in [0.2, 0.25) is 0 Å². The molecule has 0 radical (unpaired) electrons. The zero-order valence-corrected chi connectivity index (χ0v) is 23.3. The fourth-order valence-electron chi connectivity index (χ4n) is 4.23.